The molecule has 5 nitrogen and oxygen atoms in total. The van der Waals surface area contributed by atoms with Crippen LogP contribution in [0.3, 0.4) is 0 Å². The third-order valence-corrected chi connectivity index (χ3v) is 3.34. The van der Waals surface area contributed by atoms with Crippen molar-refractivity contribution < 1.29 is 13.2 Å². The van der Waals surface area contributed by atoms with Crippen LogP contribution >= 0.6 is 0 Å². The molecule has 0 bridgehead atoms. The van der Waals surface area contributed by atoms with Crippen LogP contribution in [0.15, 0.2) is 29.2 Å². The van der Waals surface area contributed by atoms with Crippen molar-refractivity contribution in [2.75, 3.05) is 11.9 Å². The van der Waals surface area contributed by atoms with Crippen LogP contribution in [0.1, 0.15) is 13.8 Å². The molecule has 0 radical (unpaired) electrons. The van der Waals surface area contributed by atoms with Crippen molar-refractivity contribution in [2.45, 2.75) is 18.7 Å². The monoisotopic (exact) mass is 242 g/mol. The van der Waals surface area contributed by atoms with Gasteiger partial charge in [-0.1, -0.05) is 13.0 Å². The molecule has 2 N–H and O–H groups in total. The van der Waals surface area contributed by atoms with Gasteiger partial charge in [0.05, 0.1) is 4.90 Å². The van der Waals surface area contributed by atoms with Crippen LogP contribution in [-0.4, -0.2) is 20.9 Å². The first-order chi connectivity index (χ1) is 7.45. The van der Waals surface area contributed by atoms with Crippen molar-refractivity contribution in [3.8, 4) is 0 Å². The molecule has 0 aliphatic heterocycles. The average molecular weight is 242 g/mol. The highest BCUT2D eigenvalue weighted by molar-refractivity contribution is 7.89. The number of benzene rings is 1. The largest absolute Gasteiger partial charge is 0.326 e. The first-order valence-corrected chi connectivity index (χ1v) is 6.31. The maximum Gasteiger partial charge on any atom is 0.240 e. The van der Waals surface area contributed by atoms with Crippen molar-refractivity contribution in [1.82, 2.24) is 4.72 Å². The number of rotatable bonds is 4. The number of hydrogen-bond donors (Lipinski definition) is 2. The summed E-state index contributed by atoms with van der Waals surface area (Å²) >= 11 is 0. The Labute approximate surface area is 94.9 Å². The Morgan fingerprint density at radius 2 is 2.06 bits per heavy atom. The van der Waals surface area contributed by atoms with E-state index in [2.05, 4.69) is 10.0 Å². The Kier molecular flexibility index (Phi) is 4.03. The van der Waals surface area contributed by atoms with E-state index in [0.29, 0.717) is 12.2 Å². The van der Waals surface area contributed by atoms with E-state index < -0.39 is 10.0 Å². The number of carbonyl (C=O) groups excluding carboxylic acids is 1. The molecule has 0 heterocycles. The van der Waals surface area contributed by atoms with Gasteiger partial charge in [-0.05, 0) is 18.2 Å². The predicted molar refractivity (Wildman–Crippen MR) is 61.6 cm³/mol. The van der Waals surface area contributed by atoms with Gasteiger partial charge in [0.25, 0.3) is 0 Å². The summed E-state index contributed by atoms with van der Waals surface area (Å²) in [6, 6.07) is 6.10. The molecular formula is C10H14N2O3S. The van der Waals surface area contributed by atoms with Crippen molar-refractivity contribution in [2.24, 2.45) is 0 Å². The van der Waals surface area contributed by atoms with Crippen LogP contribution in [0.5, 0.6) is 0 Å². The molecule has 6 heteroatoms. The molecule has 1 aromatic carbocycles. The van der Waals surface area contributed by atoms with Gasteiger partial charge in [-0.25, -0.2) is 13.1 Å². The molecular weight excluding hydrogens is 228 g/mol. The highest BCUT2D eigenvalue weighted by Gasteiger charge is 2.12. The Bertz CT molecular complexity index is 483. The molecule has 0 aliphatic carbocycles. The lowest BCUT2D eigenvalue weighted by Crippen LogP contribution is -2.23. The summed E-state index contributed by atoms with van der Waals surface area (Å²) in [5.41, 5.74) is 0.464. The average Bonchev–Trinajstić information content (AvgIpc) is 2.17. The molecule has 0 spiro atoms. The van der Waals surface area contributed by atoms with Crippen LogP contribution in [0.25, 0.3) is 0 Å². The van der Waals surface area contributed by atoms with Gasteiger partial charge in [0.1, 0.15) is 0 Å². The van der Waals surface area contributed by atoms with Crippen molar-refractivity contribution in [1.29, 1.82) is 0 Å². The predicted octanol–water partition coefficient (Wildman–Crippen LogP) is 0.943. The third kappa shape index (κ3) is 3.32. The molecule has 0 unspecified atom stereocenters. The Morgan fingerprint density at radius 1 is 1.38 bits per heavy atom. The fourth-order valence-electron chi connectivity index (χ4n) is 1.22. The van der Waals surface area contributed by atoms with Gasteiger partial charge in [-0.15, -0.1) is 0 Å². The smallest absolute Gasteiger partial charge is 0.240 e. The highest BCUT2D eigenvalue weighted by atomic mass is 32.2. The number of hydrogen-bond acceptors (Lipinski definition) is 3. The van der Waals surface area contributed by atoms with Crippen molar-refractivity contribution in [3.05, 3.63) is 24.3 Å². The quantitative estimate of drug-likeness (QED) is 0.825. The maximum atomic E-state index is 11.6. The van der Waals surface area contributed by atoms with Crippen LogP contribution < -0.4 is 10.0 Å². The van der Waals surface area contributed by atoms with Gasteiger partial charge in [0.15, 0.2) is 0 Å². The fraction of sp³-hybridized carbons (Fsp3) is 0.300. The molecule has 0 fully saturated rings. The van der Waals surface area contributed by atoms with E-state index >= 15 is 0 Å². The van der Waals surface area contributed by atoms with E-state index in [9.17, 15) is 13.2 Å². The van der Waals surface area contributed by atoms with Crippen molar-refractivity contribution in [3.63, 3.8) is 0 Å². The molecule has 0 saturated heterocycles. The summed E-state index contributed by atoms with van der Waals surface area (Å²) in [5.74, 6) is -0.238. The summed E-state index contributed by atoms with van der Waals surface area (Å²) in [6.07, 6.45) is 0. The Morgan fingerprint density at radius 3 is 2.62 bits per heavy atom. The van der Waals surface area contributed by atoms with E-state index in [1.54, 1.807) is 19.1 Å². The fourth-order valence-corrected chi connectivity index (χ4v) is 2.30. The molecule has 0 aliphatic rings. The second-order valence-electron chi connectivity index (χ2n) is 3.21. The molecule has 0 aromatic heterocycles. The topological polar surface area (TPSA) is 75.3 Å². The van der Waals surface area contributed by atoms with Crippen LogP contribution in [0.4, 0.5) is 5.69 Å². The zero-order valence-corrected chi connectivity index (χ0v) is 9.97. The van der Waals surface area contributed by atoms with E-state index in [1.165, 1.54) is 19.1 Å². The molecule has 16 heavy (non-hydrogen) atoms. The standard InChI is InChI=1S/C10H14N2O3S/c1-3-11-16(14,15)10-6-4-5-9(7-10)12-8(2)13/h4-7,11H,3H2,1-2H3,(H,12,13). The minimum atomic E-state index is -3.47. The Hall–Kier alpha value is -1.40. The second-order valence-corrected chi connectivity index (χ2v) is 4.98. The van der Waals surface area contributed by atoms with E-state index in [1.807, 2.05) is 0 Å². The summed E-state index contributed by atoms with van der Waals surface area (Å²) in [5, 5.41) is 2.53. The number of sulfonamides is 1. The summed E-state index contributed by atoms with van der Waals surface area (Å²) in [6.45, 7) is 3.40. The molecule has 1 aromatic rings. The third-order valence-electron chi connectivity index (χ3n) is 1.80. The van der Waals surface area contributed by atoms with Crippen LogP contribution in [0.2, 0.25) is 0 Å². The maximum absolute atomic E-state index is 11.6. The molecule has 1 amide bonds. The molecule has 88 valence electrons. The van der Waals surface area contributed by atoms with Gasteiger partial charge >= 0.3 is 0 Å². The Balaban J connectivity index is 3.03. The zero-order chi connectivity index (χ0) is 12.2. The molecule has 0 atom stereocenters. The van der Waals surface area contributed by atoms with E-state index in [0.717, 1.165) is 0 Å². The minimum Gasteiger partial charge on any atom is -0.326 e. The summed E-state index contributed by atoms with van der Waals surface area (Å²) in [7, 11) is -3.47. The van der Waals surface area contributed by atoms with Gasteiger partial charge in [-0.3, -0.25) is 4.79 Å². The second kappa shape index (κ2) is 5.09. The van der Waals surface area contributed by atoms with Crippen molar-refractivity contribution >= 4 is 21.6 Å². The van der Waals surface area contributed by atoms with E-state index in [-0.39, 0.29) is 10.8 Å². The lowest BCUT2D eigenvalue weighted by Gasteiger charge is -2.07. The van der Waals surface area contributed by atoms with Crippen LogP contribution in [0, 0.1) is 0 Å². The molecule has 1 rings (SSSR count). The lowest BCUT2D eigenvalue weighted by atomic mass is 10.3. The van der Waals surface area contributed by atoms with Gasteiger partial charge < -0.3 is 5.32 Å². The highest BCUT2D eigenvalue weighted by Crippen LogP contribution is 2.14. The summed E-state index contributed by atoms with van der Waals surface area (Å²) in [4.78, 5) is 11.0. The zero-order valence-electron chi connectivity index (χ0n) is 9.15. The number of carbonyl (C=O) groups is 1. The first-order valence-electron chi connectivity index (χ1n) is 4.83. The first kappa shape index (κ1) is 12.7. The minimum absolute atomic E-state index is 0.139. The van der Waals surface area contributed by atoms with Gasteiger partial charge in [0.2, 0.25) is 15.9 Å². The SMILES string of the molecule is CCNS(=O)(=O)c1cccc(NC(C)=O)c1. The number of anilines is 1. The van der Waals surface area contributed by atoms with E-state index in [4.69, 9.17) is 0 Å². The lowest BCUT2D eigenvalue weighted by molar-refractivity contribution is -0.114. The summed E-state index contributed by atoms with van der Waals surface area (Å²) < 4.78 is 25.7. The number of nitrogens with one attached hydrogen (secondary N) is 2. The van der Waals surface area contributed by atoms with Gasteiger partial charge in [0, 0.05) is 19.2 Å². The number of amides is 1. The molecule has 0 saturated carbocycles. The van der Waals surface area contributed by atoms with Crippen LogP contribution in [-0.2, 0) is 14.8 Å². The van der Waals surface area contributed by atoms with Gasteiger partial charge in [-0.2, -0.15) is 0 Å². The normalized spacial score (nSPS) is 11.1.